The van der Waals surface area contributed by atoms with Gasteiger partial charge >= 0.3 is 0 Å². The van der Waals surface area contributed by atoms with Crippen LogP contribution in [0.5, 0.6) is 11.5 Å². The third-order valence-electron chi connectivity index (χ3n) is 3.76. The minimum absolute atomic E-state index is 0.117. The molecular formula is C20H18N2O4S. The predicted octanol–water partition coefficient (Wildman–Crippen LogP) is 4.23. The highest BCUT2D eigenvalue weighted by atomic mass is 32.1. The fourth-order valence-electron chi connectivity index (χ4n) is 2.50. The maximum Gasteiger partial charge on any atom is 0.230 e. The summed E-state index contributed by atoms with van der Waals surface area (Å²) >= 11 is 1.37. The van der Waals surface area contributed by atoms with Crippen molar-refractivity contribution >= 4 is 34.3 Å². The Labute approximate surface area is 161 Å². The number of nitrogens with zero attached hydrogens (tertiary/aromatic N) is 2. The van der Waals surface area contributed by atoms with Gasteiger partial charge in [0.1, 0.15) is 12.9 Å². The van der Waals surface area contributed by atoms with Gasteiger partial charge in [-0.1, -0.05) is 18.2 Å². The van der Waals surface area contributed by atoms with Crippen LogP contribution in [0.1, 0.15) is 23.0 Å². The summed E-state index contributed by atoms with van der Waals surface area (Å²) in [6, 6.07) is 14.3. The van der Waals surface area contributed by atoms with E-state index in [0.717, 1.165) is 12.0 Å². The molecule has 3 aromatic rings. The van der Waals surface area contributed by atoms with Gasteiger partial charge < -0.3 is 9.47 Å². The third kappa shape index (κ3) is 4.32. The topological polar surface area (TPSA) is 68.7 Å². The van der Waals surface area contributed by atoms with E-state index >= 15 is 0 Å². The number of hydrogen-bond donors (Lipinski definition) is 0. The molecule has 0 saturated heterocycles. The van der Waals surface area contributed by atoms with Crippen molar-refractivity contribution < 1.29 is 19.1 Å². The molecule has 27 heavy (non-hydrogen) atoms. The number of hydrogen-bond acceptors (Lipinski definition) is 6. The summed E-state index contributed by atoms with van der Waals surface area (Å²) in [6.45, 7) is 1.72. The summed E-state index contributed by atoms with van der Waals surface area (Å²) in [4.78, 5) is 29.0. The van der Waals surface area contributed by atoms with E-state index in [1.54, 1.807) is 23.1 Å². The van der Waals surface area contributed by atoms with Crippen molar-refractivity contribution in [2.45, 2.75) is 13.5 Å². The lowest BCUT2D eigenvalue weighted by atomic mass is 10.2. The molecule has 0 saturated carbocycles. The van der Waals surface area contributed by atoms with Crippen molar-refractivity contribution in [1.82, 2.24) is 4.98 Å². The van der Waals surface area contributed by atoms with Gasteiger partial charge in [-0.15, -0.1) is 11.3 Å². The molecule has 6 nitrogen and oxygen atoms in total. The highest BCUT2D eigenvalue weighted by Crippen LogP contribution is 2.31. The summed E-state index contributed by atoms with van der Waals surface area (Å²) in [5, 5.41) is 2.43. The zero-order valence-corrected chi connectivity index (χ0v) is 15.7. The Morgan fingerprint density at radius 1 is 1.19 bits per heavy atom. The first kappa shape index (κ1) is 18.6. The number of ether oxygens (including phenoxy) is 2. The molecule has 0 aliphatic heterocycles. The van der Waals surface area contributed by atoms with Crippen LogP contribution >= 0.6 is 11.3 Å². The summed E-state index contributed by atoms with van der Waals surface area (Å²) in [7, 11) is 1.52. The van der Waals surface area contributed by atoms with E-state index in [9.17, 15) is 9.59 Å². The molecule has 3 rings (SSSR count). The molecule has 0 unspecified atom stereocenters. The van der Waals surface area contributed by atoms with Gasteiger partial charge in [0.05, 0.1) is 18.5 Å². The molecule has 0 N–H and O–H groups in total. The van der Waals surface area contributed by atoms with Crippen LogP contribution in [0, 0.1) is 0 Å². The number of anilines is 2. The highest BCUT2D eigenvalue weighted by molar-refractivity contribution is 7.14. The number of rotatable bonds is 7. The molecule has 0 fully saturated rings. The van der Waals surface area contributed by atoms with Crippen LogP contribution in [0.15, 0.2) is 53.9 Å². The maximum atomic E-state index is 12.1. The SMILES string of the molecule is COc1cc(C=O)ccc1OCc1csc(N(C(C)=O)c2ccccc2)n1. The minimum Gasteiger partial charge on any atom is -0.493 e. The molecule has 0 aliphatic carbocycles. The lowest BCUT2D eigenvalue weighted by molar-refractivity contribution is -0.115. The Morgan fingerprint density at radius 3 is 2.63 bits per heavy atom. The number of aromatic nitrogens is 1. The fourth-order valence-corrected chi connectivity index (χ4v) is 3.37. The molecule has 1 amide bonds. The number of benzene rings is 2. The summed E-state index contributed by atoms with van der Waals surface area (Å²) < 4.78 is 11.0. The Balaban J connectivity index is 1.76. The van der Waals surface area contributed by atoms with Crippen molar-refractivity contribution in [3.63, 3.8) is 0 Å². The van der Waals surface area contributed by atoms with E-state index < -0.39 is 0 Å². The van der Waals surface area contributed by atoms with Gasteiger partial charge in [0, 0.05) is 17.9 Å². The first-order chi connectivity index (χ1) is 13.1. The number of amides is 1. The monoisotopic (exact) mass is 382 g/mol. The maximum absolute atomic E-state index is 12.1. The summed E-state index contributed by atoms with van der Waals surface area (Å²) in [6.07, 6.45) is 0.749. The van der Waals surface area contributed by atoms with Gasteiger partial charge in [-0.05, 0) is 30.3 Å². The van der Waals surface area contributed by atoms with E-state index in [4.69, 9.17) is 9.47 Å². The van der Waals surface area contributed by atoms with Crippen molar-refractivity contribution in [1.29, 1.82) is 0 Å². The first-order valence-electron chi connectivity index (χ1n) is 8.18. The molecule has 0 bridgehead atoms. The number of thiazole rings is 1. The zero-order chi connectivity index (χ0) is 19.2. The summed E-state index contributed by atoms with van der Waals surface area (Å²) in [5.74, 6) is 0.878. The van der Waals surface area contributed by atoms with E-state index in [-0.39, 0.29) is 12.5 Å². The second-order valence-corrected chi connectivity index (χ2v) is 6.46. The average molecular weight is 382 g/mol. The van der Waals surface area contributed by atoms with Crippen LogP contribution in [0.2, 0.25) is 0 Å². The van der Waals surface area contributed by atoms with Gasteiger partial charge in [-0.2, -0.15) is 0 Å². The molecular weight excluding hydrogens is 364 g/mol. The van der Waals surface area contributed by atoms with Gasteiger partial charge in [0.25, 0.3) is 0 Å². The number of aldehydes is 1. The Morgan fingerprint density at radius 2 is 1.96 bits per heavy atom. The second-order valence-electron chi connectivity index (χ2n) is 5.63. The number of para-hydroxylation sites is 1. The number of carbonyl (C=O) groups excluding carboxylic acids is 2. The standard InChI is InChI=1S/C20H18N2O4S/c1-14(24)22(17-6-4-3-5-7-17)20-21-16(13-27-20)12-26-18-9-8-15(11-23)10-19(18)25-2/h3-11,13H,12H2,1-2H3. The van der Waals surface area contributed by atoms with Crippen LogP contribution < -0.4 is 14.4 Å². The molecule has 1 aromatic heterocycles. The molecule has 0 radical (unpaired) electrons. The first-order valence-corrected chi connectivity index (χ1v) is 9.06. The Hall–Kier alpha value is -3.19. The van der Waals surface area contributed by atoms with Crippen LogP contribution in [0.4, 0.5) is 10.8 Å². The number of carbonyl (C=O) groups is 2. The van der Waals surface area contributed by atoms with E-state index in [1.165, 1.54) is 25.4 Å². The van der Waals surface area contributed by atoms with Crippen LogP contribution in [-0.2, 0) is 11.4 Å². The van der Waals surface area contributed by atoms with Gasteiger partial charge in [0.2, 0.25) is 5.91 Å². The van der Waals surface area contributed by atoms with Crippen molar-refractivity contribution in [2.75, 3.05) is 12.0 Å². The van der Waals surface area contributed by atoms with E-state index in [0.29, 0.717) is 27.9 Å². The van der Waals surface area contributed by atoms with Crippen LogP contribution in [-0.4, -0.2) is 24.3 Å². The highest BCUT2D eigenvalue weighted by Gasteiger charge is 2.18. The Kier molecular flexibility index (Phi) is 5.83. The largest absolute Gasteiger partial charge is 0.493 e. The molecule has 138 valence electrons. The fraction of sp³-hybridized carbons (Fsp3) is 0.150. The van der Waals surface area contributed by atoms with Crippen molar-refractivity contribution in [3.05, 3.63) is 65.2 Å². The summed E-state index contributed by atoms with van der Waals surface area (Å²) in [5.41, 5.74) is 1.96. The normalized spacial score (nSPS) is 10.3. The second kappa shape index (κ2) is 8.46. The third-order valence-corrected chi connectivity index (χ3v) is 4.63. The molecule has 0 spiro atoms. The Bertz CT molecular complexity index is 940. The lowest BCUT2D eigenvalue weighted by Gasteiger charge is -2.17. The number of methoxy groups -OCH3 is 1. The smallest absolute Gasteiger partial charge is 0.230 e. The van der Waals surface area contributed by atoms with Crippen molar-refractivity contribution in [3.8, 4) is 11.5 Å². The molecule has 2 aromatic carbocycles. The minimum atomic E-state index is -0.117. The zero-order valence-electron chi connectivity index (χ0n) is 14.9. The van der Waals surface area contributed by atoms with Gasteiger partial charge in [-0.25, -0.2) is 4.98 Å². The van der Waals surface area contributed by atoms with Crippen molar-refractivity contribution in [2.24, 2.45) is 0 Å². The van der Waals surface area contributed by atoms with E-state index in [2.05, 4.69) is 4.98 Å². The predicted molar refractivity (Wildman–Crippen MR) is 104 cm³/mol. The molecule has 0 atom stereocenters. The van der Waals surface area contributed by atoms with Crippen LogP contribution in [0.3, 0.4) is 0 Å². The van der Waals surface area contributed by atoms with Gasteiger partial charge in [0.15, 0.2) is 16.6 Å². The molecule has 0 aliphatic rings. The van der Waals surface area contributed by atoms with Gasteiger partial charge in [-0.3, -0.25) is 14.5 Å². The van der Waals surface area contributed by atoms with Crippen LogP contribution in [0.25, 0.3) is 0 Å². The van der Waals surface area contributed by atoms with E-state index in [1.807, 2.05) is 35.7 Å². The molecule has 7 heteroatoms. The molecule has 1 heterocycles. The quantitative estimate of drug-likeness (QED) is 0.572. The average Bonchev–Trinajstić information content (AvgIpc) is 3.15. The lowest BCUT2D eigenvalue weighted by Crippen LogP contribution is -2.22.